The SMILES string of the molecule is C1=CCC(NC/C=C/c2ccco2)CC1. The van der Waals surface area contributed by atoms with E-state index in [0.29, 0.717) is 6.04 Å². The maximum absolute atomic E-state index is 5.20. The third-order valence-electron chi connectivity index (χ3n) is 2.62. The van der Waals surface area contributed by atoms with E-state index in [1.165, 1.54) is 12.8 Å². The third kappa shape index (κ3) is 3.40. The first-order valence-electron chi connectivity index (χ1n) is 5.53. The lowest BCUT2D eigenvalue weighted by atomic mass is 10.0. The molecule has 0 fully saturated rings. The average molecular weight is 203 g/mol. The molecule has 1 aromatic heterocycles. The van der Waals surface area contributed by atoms with E-state index < -0.39 is 0 Å². The second-order valence-electron chi connectivity index (χ2n) is 3.81. The highest BCUT2D eigenvalue weighted by Crippen LogP contribution is 2.10. The topological polar surface area (TPSA) is 25.2 Å². The van der Waals surface area contributed by atoms with Gasteiger partial charge in [0.1, 0.15) is 5.76 Å². The molecule has 0 spiro atoms. The lowest BCUT2D eigenvalue weighted by Crippen LogP contribution is -2.29. The normalized spacial score (nSPS) is 21.2. The van der Waals surface area contributed by atoms with Crippen LogP contribution >= 0.6 is 0 Å². The van der Waals surface area contributed by atoms with Gasteiger partial charge in [-0.2, -0.15) is 0 Å². The molecular weight excluding hydrogens is 186 g/mol. The summed E-state index contributed by atoms with van der Waals surface area (Å²) in [7, 11) is 0. The van der Waals surface area contributed by atoms with Crippen LogP contribution in [-0.4, -0.2) is 12.6 Å². The predicted molar refractivity (Wildman–Crippen MR) is 62.5 cm³/mol. The highest BCUT2D eigenvalue weighted by atomic mass is 16.3. The summed E-state index contributed by atoms with van der Waals surface area (Å²) in [5.41, 5.74) is 0. The van der Waals surface area contributed by atoms with Gasteiger partial charge in [-0.15, -0.1) is 0 Å². The zero-order valence-corrected chi connectivity index (χ0v) is 8.86. The Morgan fingerprint density at radius 3 is 3.20 bits per heavy atom. The lowest BCUT2D eigenvalue weighted by Gasteiger charge is -2.18. The maximum Gasteiger partial charge on any atom is 0.126 e. The van der Waals surface area contributed by atoms with Crippen molar-refractivity contribution >= 4 is 6.08 Å². The van der Waals surface area contributed by atoms with E-state index in [1.807, 2.05) is 18.2 Å². The number of hydrogen-bond acceptors (Lipinski definition) is 2. The van der Waals surface area contributed by atoms with Gasteiger partial charge < -0.3 is 9.73 Å². The van der Waals surface area contributed by atoms with E-state index in [4.69, 9.17) is 4.42 Å². The molecule has 0 aliphatic heterocycles. The van der Waals surface area contributed by atoms with Crippen LogP contribution in [0.25, 0.3) is 6.08 Å². The van der Waals surface area contributed by atoms with Crippen LogP contribution in [0.4, 0.5) is 0 Å². The van der Waals surface area contributed by atoms with E-state index >= 15 is 0 Å². The van der Waals surface area contributed by atoms with Crippen molar-refractivity contribution in [3.05, 3.63) is 42.4 Å². The summed E-state index contributed by atoms with van der Waals surface area (Å²) in [6.07, 6.45) is 14.0. The van der Waals surface area contributed by atoms with Crippen LogP contribution in [0.3, 0.4) is 0 Å². The van der Waals surface area contributed by atoms with Crippen LogP contribution in [0.15, 0.2) is 41.0 Å². The van der Waals surface area contributed by atoms with Crippen LogP contribution < -0.4 is 5.32 Å². The van der Waals surface area contributed by atoms with Gasteiger partial charge in [0.2, 0.25) is 0 Å². The molecule has 2 nitrogen and oxygen atoms in total. The Bertz CT molecular complexity index is 324. The van der Waals surface area contributed by atoms with Crippen molar-refractivity contribution < 1.29 is 4.42 Å². The average Bonchev–Trinajstić information content (AvgIpc) is 2.79. The Balaban J connectivity index is 1.68. The summed E-state index contributed by atoms with van der Waals surface area (Å²) in [5, 5.41) is 3.50. The molecule has 2 heteroatoms. The van der Waals surface area contributed by atoms with Crippen molar-refractivity contribution in [2.24, 2.45) is 0 Å². The summed E-state index contributed by atoms with van der Waals surface area (Å²) in [5.74, 6) is 0.917. The molecule has 1 heterocycles. The quantitative estimate of drug-likeness (QED) is 0.761. The molecule has 0 bridgehead atoms. The maximum atomic E-state index is 5.20. The van der Waals surface area contributed by atoms with E-state index in [9.17, 15) is 0 Å². The molecule has 0 amide bonds. The highest BCUT2D eigenvalue weighted by Gasteiger charge is 2.06. The van der Waals surface area contributed by atoms with Crippen molar-refractivity contribution in [3.8, 4) is 0 Å². The van der Waals surface area contributed by atoms with Crippen molar-refractivity contribution in [3.63, 3.8) is 0 Å². The molecule has 0 saturated carbocycles. The van der Waals surface area contributed by atoms with Gasteiger partial charge in [0.15, 0.2) is 0 Å². The van der Waals surface area contributed by atoms with Gasteiger partial charge in [0, 0.05) is 12.6 Å². The summed E-state index contributed by atoms with van der Waals surface area (Å²) in [6.45, 7) is 0.916. The lowest BCUT2D eigenvalue weighted by molar-refractivity contribution is 0.498. The van der Waals surface area contributed by atoms with Crippen LogP contribution in [0.5, 0.6) is 0 Å². The van der Waals surface area contributed by atoms with Crippen molar-refractivity contribution in [2.75, 3.05) is 6.54 Å². The van der Waals surface area contributed by atoms with E-state index in [1.54, 1.807) is 6.26 Å². The van der Waals surface area contributed by atoms with Gasteiger partial charge >= 0.3 is 0 Å². The summed E-state index contributed by atoms with van der Waals surface area (Å²) in [6, 6.07) is 4.51. The second kappa shape index (κ2) is 5.56. The van der Waals surface area contributed by atoms with Crippen LogP contribution in [0.1, 0.15) is 25.0 Å². The van der Waals surface area contributed by atoms with Crippen molar-refractivity contribution in [1.29, 1.82) is 0 Å². The van der Waals surface area contributed by atoms with Gasteiger partial charge in [-0.1, -0.05) is 18.2 Å². The first-order valence-corrected chi connectivity index (χ1v) is 5.53. The molecule has 80 valence electrons. The van der Waals surface area contributed by atoms with E-state index in [0.717, 1.165) is 18.7 Å². The standard InChI is InChI=1S/C13H17NO/c1-2-6-12(7-3-1)14-10-4-8-13-9-5-11-15-13/h1-2,4-5,8-9,11-12,14H,3,6-7,10H2/b8-4+. The molecule has 2 rings (SSSR count). The molecule has 1 N–H and O–H groups in total. The molecular formula is C13H17NO. The molecule has 1 atom stereocenters. The molecule has 1 aromatic rings. The Morgan fingerprint density at radius 2 is 2.47 bits per heavy atom. The number of rotatable bonds is 4. The molecule has 15 heavy (non-hydrogen) atoms. The minimum atomic E-state index is 0.649. The van der Waals surface area contributed by atoms with Gasteiger partial charge in [0.05, 0.1) is 6.26 Å². The van der Waals surface area contributed by atoms with E-state index in [-0.39, 0.29) is 0 Å². The molecule has 0 aromatic carbocycles. The zero-order valence-electron chi connectivity index (χ0n) is 8.86. The summed E-state index contributed by atoms with van der Waals surface area (Å²) < 4.78 is 5.20. The minimum absolute atomic E-state index is 0.649. The Morgan fingerprint density at radius 1 is 1.47 bits per heavy atom. The Kier molecular flexibility index (Phi) is 3.80. The zero-order chi connectivity index (χ0) is 10.3. The highest BCUT2D eigenvalue weighted by molar-refractivity contribution is 5.42. The fourth-order valence-electron chi connectivity index (χ4n) is 1.77. The van der Waals surface area contributed by atoms with Gasteiger partial charge in [-0.05, 0) is 37.5 Å². The number of nitrogens with one attached hydrogen (secondary N) is 1. The summed E-state index contributed by atoms with van der Waals surface area (Å²) >= 11 is 0. The smallest absolute Gasteiger partial charge is 0.126 e. The first-order chi connectivity index (χ1) is 7.45. The van der Waals surface area contributed by atoms with E-state index in [2.05, 4.69) is 23.5 Å². The number of furan rings is 1. The fourth-order valence-corrected chi connectivity index (χ4v) is 1.77. The molecule has 0 radical (unpaired) electrons. The monoisotopic (exact) mass is 203 g/mol. The van der Waals surface area contributed by atoms with Crippen LogP contribution in [-0.2, 0) is 0 Å². The van der Waals surface area contributed by atoms with Gasteiger partial charge in [0.25, 0.3) is 0 Å². The number of allylic oxidation sites excluding steroid dienone is 1. The molecule has 1 aliphatic rings. The largest absolute Gasteiger partial charge is 0.465 e. The fraction of sp³-hybridized carbons (Fsp3) is 0.385. The molecule has 0 saturated heterocycles. The second-order valence-corrected chi connectivity index (χ2v) is 3.81. The van der Waals surface area contributed by atoms with Crippen molar-refractivity contribution in [1.82, 2.24) is 5.32 Å². The minimum Gasteiger partial charge on any atom is -0.465 e. The van der Waals surface area contributed by atoms with Gasteiger partial charge in [-0.3, -0.25) is 0 Å². The van der Waals surface area contributed by atoms with Crippen LogP contribution in [0, 0.1) is 0 Å². The Labute approximate surface area is 90.7 Å². The first kappa shape index (κ1) is 10.2. The van der Waals surface area contributed by atoms with Crippen LogP contribution in [0.2, 0.25) is 0 Å². The predicted octanol–water partition coefficient (Wildman–Crippen LogP) is 2.99. The van der Waals surface area contributed by atoms with Crippen molar-refractivity contribution in [2.45, 2.75) is 25.3 Å². The number of hydrogen-bond donors (Lipinski definition) is 1. The third-order valence-corrected chi connectivity index (χ3v) is 2.62. The summed E-state index contributed by atoms with van der Waals surface area (Å²) in [4.78, 5) is 0. The molecule has 1 aliphatic carbocycles. The Hall–Kier alpha value is -1.28. The molecule has 1 unspecified atom stereocenters. The van der Waals surface area contributed by atoms with Gasteiger partial charge in [-0.25, -0.2) is 0 Å².